The molecule has 2 atom stereocenters. The van der Waals surface area contributed by atoms with Crippen LogP contribution in [0.4, 0.5) is 0 Å². The van der Waals surface area contributed by atoms with Crippen molar-refractivity contribution in [3.8, 4) is 0 Å². The summed E-state index contributed by atoms with van der Waals surface area (Å²) in [7, 11) is 4.06. The van der Waals surface area contributed by atoms with Gasteiger partial charge in [0.05, 0.1) is 0 Å². The van der Waals surface area contributed by atoms with Crippen molar-refractivity contribution in [3.63, 3.8) is 0 Å². The van der Waals surface area contributed by atoms with E-state index in [0.29, 0.717) is 17.9 Å². The zero-order chi connectivity index (χ0) is 18.2. The van der Waals surface area contributed by atoms with Crippen molar-refractivity contribution in [2.45, 2.75) is 32.7 Å². The van der Waals surface area contributed by atoms with Crippen molar-refractivity contribution in [2.75, 3.05) is 53.4 Å². The fourth-order valence-corrected chi connectivity index (χ4v) is 4.07. The zero-order valence-electron chi connectivity index (χ0n) is 16.5. The molecular weight excluding hydrogens is 330 g/mol. The molecule has 2 N–H and O–H groups in total. The first-order chi connectivity index (χ1) is 12.0. The summed E-state index contributed by atoms with van der Waals surface area (Å²) in [5.41, 5.74) is 1.39. The van der Waals surface area contributed by atoms with Crippen LogP contribution >= 0.6 is 11.3 Å². The van der Waals surface area contributed by atoms with Gasteiger partial charge in [-0.3, -0.25) is 9.89 Å². The standard InChI is InChI=1S/C19H35N5S/c1-15(2)18(24-9-7-23(5)8-10-24)13-22-19(20-4)21-12-16(3)17-6-11-25-14-17/h6,11,14-16,18H,7-10,12-13H2,1-5H3,(H2,20,21,22). The van der Waals surface area contributed by atoms with Crippen LogP contribution in [0.3, 0.4) is 0 Å². The highest BCUT2D eigenvalue weighted by Crippen LogP contribution is 2.17. The summed E-state index contributed by atoms with van der Waals surface area (Å²) in [4.78, 5) is 9.43. The maximum Gasteiger partial charge on any atom is 0.191 e. The van der Waals surface area contributed by atoms with Crippen LogP contribution in [0.2, 0.25) is 0 Å². The smallest absolute Gasteiger partial charge is 0.191 e. The largest absolute Gasteiger partial charge is 0.356 e. The monoisotopic (exact) mass is 365 g/mol. The van der Waals surface area contributed by atoms with Gasteiger partial charge in [-0.05, 0) is 41.3 Å². The van der Waals surface area contributed by atoms with Crippen molar-refractivity contribution in [3.05, 3.63) is 22.4 Å². The molecule has 1 aliphatic rings. The molecule has 0 saturated carbocycles. The molecule has 1 saturated heterocycles. The molecule has 0 radical (unpaired) electrons. The van der Waals surface area contributed by atoms with Crippen molar-refractivity contribution in [1.82, 2.24) is 20.4 Å². The molecule has 0 amide bonds. The van der Waals surface area contributed by atoms with Crippen LogP contribution in [0.25, 0.3) is 0 Å². The molecule has 1 aromatic rings. The lowest BCUT2D eigenvalue weighted by atomic mass is 10.0. The van der Waals surface area contributed by atoms with E-state index in [9.17, 15) is 0 Å². The van der Waals surface area contributed by atoms with Gasteiger partial charge >= 0.3 is 0 Å². The van der Waals surface area contributed by atoms with Crippen molar-refractivity contribution in [2.24, 2.45) is 10.9 Å². The lowest BCUT2D eigenvalue weighted by Gasteiger charge is -2.40. The van der Waals surface area contributed by atoms with Gasteiger partial charge in [-0.2, -0.15) is 11.3 Å². The summed E-state index contributed by atoms with van der Waals surface area (Å²) in [6.45, 7) is 13.4. The second-order valence-corrected chi connectivity index (χ2v) is 8.22. The second-order valence-electron chi connectivity index (χ2n) is 7.44. The number of nitrogens with one attached hydrogen (secondary N) is 2. The summed E-state index contributed by atoms with van der Waals surface area (Å²) in [6.07, 6.45) is 0. The van der Waals surface area contributed by atoms with Gasteiger partial charge in [0.15, 0.2) is 5.96 Å². The third-order valence-corrected chi connectivity index (χ3v) is 5.87. The van der Waals surface area contributed by atoms with Gasteiger partial charge in [0.2, 0.25) is 0 Å². The highest BCUT2D eigenvalue weighted by Gasteiger charge is 2.25. The molecule has 1 fully saturated rings. The Hall–Kier alpha value is -1.11. The fraction of sp³-hybridized carbons (Fsp3) is 0.737. The fourth-order valence-electron chi connectivity index (χ4n) is 3.28. The third kappa shape index (κ3) is 6.28. The number of guanidine groups is 1. The maximum absolute atomic E-state index is 4.40. The van der Waals surface area contributed by atoms with E-state index in [-0.39, 0.29) is 0 Å². The number of aliphatic imine (C=N–C) groups is 1. The van der Waals surface area contributed by atoms with E-state index < -0.39 is 0 Å². The van der Waals surface area contributed by atoms with E-state index in [0.717, 1.165) is 45.2 Å². The molecule has 25 heavy (non-hydrogen) atoms. The van der Waals surface area contributed by atoms with E-state index in [4.69, 9.17) is 0 Å². The van der Waals surface area contributed by atoms with Crippen LogP contribution in [0.1, 0.15) is 32.3 Å². The van der Waals surface area contributed by atoms with Crippen LogP contribution < -0.4 is 10.6 Å². The maximum atomic E-state index is 4.40. The number of nitrogens with zero attached hydrogens (tertiary/aromatic N) is 3. The normalized spacial score (nSPS) is 19.8. The molecule has 2 unspecified atom stereocenters. The molecule has 0 spiro atoms. The molecule has 1 aromatic heterocycles. The summed E-state index contributed by atoms with van der Waals surface area (Å²) in [5, 5.41) is 11.4. The van der Waals surface area contributed by atoms with E-state index >= 15 is 0 Å². The number of thiophene rings is 1. The van der Waals surface area contributed by atoms with Crippen LogP contribution in [-0.4, -0.2) is 75.2 Å². The minimum atomic E-state index is 0.489. The van der Waals surface area contributed by atoms with E-state index in [2.05, 4.69) is 70.1 Å². The first-order valence-corrected chi connectivity index (χ1v) is 10.3. The zero-order valence-corrected chi connectivity index (χ0v) is 17.3. The minimum Gasteiger partial charge on any atom is -0.356 e. The van der Waals surface area contributed by atoms with Crippen LogP contribution in [0, 0.1) is 5.92 Å². The molecular formula is C19H35N5S. The molecule has 6 heteroatoms. The van der Waals surface area contributed by atoms with Gasteiger partial charge in [-0.1, -0.05) is 20.8 Å². The minimum absolute atomic E-state index is 0.489. The molecule has 0 bridgehead atoms. The summed E-state index contributed by atoms with van der Waals surface area (Å²) >= 11 is 1.76. The van der Waals surface area contributed by atoms with E-state index in [1.807, 2.05) is 7.05 Å². The Bertz CT molecular complexity index is 506. The van der Waals surface area contributed by atoms with Gasteiger partial charge in [-0.25, -0.2) is 0 Å². The SMILES string of the molecule is CN=C(NCC(C)c1ccsc1)NCC(C(C)C)N1CCN(C)CC1. The number of likely N-dealkylation sites (N-methyl/N-ethyl adjacent to an activating group) is 1. The van der Waals surface area contributed by atoms with Gasteiger partial charge in [0.25, 0.3) is 0 Å². The van der Waals surface area contributed by atoms with Gasteiger partial charge in [-0.15, -0.1) is 0 Å². The lowest BCUT2D eigenvalue weighted by Crippen LogP contribution is -2.55. The van der Waals surface area contributed by atoms with E-state index in [1.165, 1.54) is 5.56 Å². The van der Waals surface area contributed by atoms with Crippen molar-refractivity contribution < 1.29 is 0 Å². The highest BCUT2D eigenvalue weighted by atomic mass is 32.1. The van der Waals surface area contributed by atoms with Crippen molar-refractivity contribution >= 4 is 17.3 Å². The summed E-state index contributed by atoms with van der Waals surface area (Å²) < 4.78 is 0. The Morgan fingerprint density at radius 1 is 1.16 bits per heavy atom. The Morgan fingerprint density at radius 3 is 2.40 bits per heavy atom. The summed E-state index contributed by atoms with van der Waals surface area (Å²) in [5.74, 6) is 2.02. The number of hydrogen-bond acceptors (Lipinski definition) is 4. The van der Waals surface area contributed by atoms with E-state index in [1.54, 1.807) is 11.3 Å². The third-order valence-electron chi connectivity index (χ3n) is 5.17. The molecule has 142 valence electrons. The second kappa shape index (κ2) is 10.1. The Labute approximate surface area is 157 Å². The molecule has 2 heterocycles. The van der Waals surface area contributed by atoms with Crippen LogP contribution in [0.15, 0.2) is 21.8 Å². The molecule has 0 aliphatic carbocycles. The van der Waals surface area contributed by atoms with Gasteiger partial charge < -0.3 is 15.5 Å². The Morgan fingerprint density at radius 2 is 1.84 bits per heavy atom. The average Bonchev–Trinajstić information content (AvgIpc) is 3.13. The predicted octanol–water partition coefficient (Wildman–Crippen LogP) is 2.29. The van der Waals surface area contributed by atoms with Crippen molar-refractivity contribution in [1.29, 1.82) is 0 Å². The first kappa shape index (κ1) is 20.2. The van der Waals surface area contributed by atoms with Crippen LogP contribution in [-0.2, 0) is 0 Å². The molecule has 5 nitrogen and oxygen atoms in total. The van der Waals surface area contributed by atoms with Crippen LogP contribution in [0.5, 0.6) is 0 Å². The molecule has 2 rings (SSSR count). The topological polar surface area (TPSA) is 42.9 Å². The molecule has 1 aliphatic heterocycles. The quantitative estimate of drug-likeness (QED) is 0.575. The molecule has 0 aromatic carbocycles. The predicted molar refractivity (Wildman–Crippen MR) is 110 cm³/mol. The summed E-state index contributed by atoms with van der Waals surface area (Å²) in [6, 6.07) is 2.75. The lowest BCUT2D eigenvalue weighted by molar-refractivity contribution is 0.0900. The Kier molecular flexibility index (Phi) is 8.19. The number of rotatable bonds is 7. The van der Waals surface area contributed by atoms with Gasteiger partial charge in [0, 0.05) is 52.4 Å². The Balaban J connectivity index is 1.81. The number of piperazine rings is 1. The average molecular weight is 366 g/mol. The van der Waals surface area contributed by atoms with Gasteiger partial charge in [0.1, 0.15) is 0 Å². The first-order valence-electron chi connectivity index (χ1n) is 9.40. The highest BCUT2D eigenvalue weighted by molar-refractivity contribution is 7.07. The number of hydrogen-bond donors (Lipinski definition) is 2.